The second-order valence-corrected chi connectivity index (χ2v) is 6.49. The third-order valence-electron chi connectivity index (χ3n) is 4.75. The fourth-order valence-corrected chi connectivity index (χ4v) is 3.47. The Labute approximate surface area is 133 Å². The molecule has 3 rings (SSSR count). The lowest BCUT2D eigenvalue weighted by Gasteiger charge is -2.35. The zero-order valence-electron chi connectivity index (χ0n) is 13.4. The lowest BCUT2D eigenvalue weighted by molar-refractivity contribution is -0.0548. The molecule has 122 valence electrons. The van der Waals surface area contributed by atoms with Crippen LogP contribution in [0.15, 0.2) is 24.3 Å². The van der Waals surface area contributed by atoms with Crippen molar-refractivity contribution in [3.63, 3.8) is 0 Å². The molecule has 1 fully saturated rings. The SMILES string of the molecule is CC1COCCN1CC(O)COC1CCCc2ccccc21. The van der Waals surface area contributed by atoms with Gasteiger partial charge in [0.05, 0.1) is 32.0 Å². The van der Waals surface area contributed by atoms with Crippen molar-refractivity contribution >= 4 is 0 Å². The summed E-state index contributed by atoms with van der Waals surface area (Å²) in [4.78, 5) is 2.28. The second-order valence-electron chi connectivity index (χ2n) is 6.49. The van der Waals surface area contributed by atoms with Crippen molar-refractivity contribution in [3.8, 4) is 0 Å². The second kappa shape index (κ2) is 7.55. The van der Waals surface area contributed by atoms with Crippen molar-refractivity contribution in [1.82, 2.24) is 4.90 Å². The average Bonchev–Trinajstić information content (AvgIpc) is 2.55. The lowest BCUT2D eigenvalue weighted by Crippen LogP contribution is -2.47. The van der Waals surface area contributed by atoms with Gasteiger partial charge in [0.15, 0.2) is 0 Å². The highest BCUT2D eigenvalue weighted by Gasteiger charge is 2.24. The van der Waals surface area contributed by atoms with Gasteiger partial charge in [-0.1, -0.05) is 24.3 Å². The third-order valence-corrected chi connectivity index (χ3v) is 4.75. The van der Waals surface area contributed by atoms with E-state index in [-0.39, 0.29) is 6.10 Å². The normalized spacial score (nSPS) is 27.4. The predicted molar refractivity (Wildman–Crippen MR) is 85.9 cm³/mol. The number of benzene rings is 1. The molecule has 2 aliphatic rings. The van der Waals surface area contributed by atoms with Crippen LogP contribution < -0.4 is 0 Å². The molecule has 0 radical (unpaired) electrons. The number of fused-ring (bicyclic) bond motifs is 1. The fourth-order valence-electron chi connectivity index (χ4n) is 3.47. The van der Waals surface area contributed by atoms with Crippen LogP contribution in [0.25, 0.3) is 0 Å². The molecule has 1 aliphatic heterocycles. The molecule has 0 saturated carbocycles. The highest BCUT2D eigenvalue weighted by molar-refractivity contribution is 5.31. The summed E-state index contributed by atoms with van der Waals surface area (Å²) in [5, 5.41) is 10.3. The molecule has 4 nitrogen and oxygen atoms in total. The van der Waals surface area contributed by atoms with Gasteiger partial charge in [0, 0.05) is 19.1 Å². The molecule has 0 spiro atoms. The van der Waals surface area contributed by atoms with E-state index in [2.05, 4.69) is 36.1 Å². The van der Waals surface area contributed by atoms with Crippen LogP contribution in [-0.4, -0.2) is 55.1 Å². The van der Waals surface area contributed by atoms with E-state index in [0.717, 1.165) is 39.0 Å². The van der Waals surface area contributed by atoms with Gasteiger partial charge in [0.25, 0.3) is 0 Å². The van der Waals surface area contributed by atoms with Crippen molar-refractivity contribution in [1.29, 1.82) is 0 Å². The molecule has 22 heavy (non-hydrogen) atoms. The van der Waals surface area contributed by atoms with E-state index >= 15 is 0 Å². The summed E-state index contributed by atoms with van der Waals surface area (Å²) in [6.07, 6.45) is 3.07. The van der Waals surface area contributed by atoms with Gasteiger partial charge in [-0.25, -0.2) is 0 Å². The zero-order valence-corrected chi connectivity index (χ0v) is 13.4. The Hall–Kier alpha value is -0.940. The van der Waals surface area contributed by atoms with Crippen LogP contribution in [0.2, 0.25) is 0 Å². The summed E-state index contributed by atoms with van der Waals surface area (Å²) in [5.41, 5.74) is 2.70. The first kappa shape index (κ1) is 15.9. The number of aliphatic hydroxyl groups is 1. The minimum absolute atomic E-state index is 0.140. The Bertz CT molecular complexity index is 479. The molecule has 1 saturated heterocycles. The Morgan fingerprint density at radius 2 is 2.27 bits per heavy atom. The van der Waals surface area contributed by atoms with Crippen molar-refractivity contribution < 1.29 is 14.6 Å². The Kier molecular flexibility index (Phi) is 5.47. The fraction of sp³-hybridized carbons (Fsp3) is 0.667. The van der Waals surface area contributed by atoms with Gasteiger partial charge in [0.2, 0.25) is 0 Å². The summed E-state index contributed by atoms with van der Waals surface area (Å²) in [7, 11) is 0. The van der Waals surface area contributed by atoms with Crippen LogP contribution in [0.4, 0.5) is 0 Å². The first-order chi connectivity index (χ1) is 10.7. The van der Waals surface area contributed by atoms with Crippen LogP contribution >= 0.6 is 0 Å². The Balaban J connectivity index is 1.50. The summed E-state index contributed by atoms with van der Waals surface area (Å²) >= 11 is 0. The first-order valence-corrected chi connectivity index (χ1v) is 8.43. The highest BCUT2D eigenvalue weighted by Crippen LogP contribution is 2.32. The number of hydrogen-bond donors (Lipinski definition) is 1. The van der Waals surface area contributed by atoms with Crippen LogP contribution in [0.5, 0.6) is 0 Å². The number of rotatable bonds is 5. The zero-order chi connectivity index (χ0) is 15.4. The maximum absolute atomic E-state index is 10.3. The molecule has 1 heterocycles. The first-order valence-electron chi connectivity index (χ1n) is 8.43. The van der Waals surface area contributed by atoms with Crippen molar-refractivity contribution in [3.05, 3.63) is 35.4 Å². The number of nitrogens with zero attached hydrogens (tertiary/aromatic N) is 1. The van der Waals surface area contributed by atoms with Crippen molar-refractivity contribution in [2.75, 3.05) is 32.9 Å². The minimum atomic E-state index is -0.436. The Morgan fingerprint density at radius 1 is 1.41 bits per heavy atom. The largest absolute Gasteiger partial charge is 0.389 e. The van der Waals surface area contributed by atoms with Gasteiger partial charge in [0.1, 0.15) is 0 Å². The summed E-state index contributed by atoms with van der Waals surface area (Å²) in [5.74, 6) is 0. The monoisotopic (exact) mass is 305 g/mol. The maximum atomic E-state index is 10.3. The van der Waals surface area contributed by atoms with Gasteiger partial charge in [-0.2, -0.15) is 0 Å². The number of ether oxygens (including phenoxy) is 2. The third kappa shape index (κ3) is 3.87. The lowest BCUT2D eigenvalue weighted by atomic mass is 9.89. The van der Waals surface area contributed by atoms with E-state index in [1.165, 1.54) is 11.1 Å². The summed E-state index contributed by atoms with van der Waals surface area (Å²) in [6, 6.07) is 8.90. The Morgan fingerprint density at radius 3 is 3.14 bits per heavy atom. The standard InChI is InChI=1S/C18H27NO3/c1-14-12-21-10-9-19(14)11-16(20)13-22-18-8-4-6-15-5-2-3-7-17(15)18/h2-3,5,7,14,16,18,20H,4,6,8-13H2,1H3. The van der Waals surface area contributed by atoms with E-state index in [4.69, 9.17) is 9.47 Å². The molecule has 1 aromatic rings. The van der Waals surface area contributed by atoms with Gasteiger partial charge >= 0.3 is 0 Å². The molecular formula is C18H27NO3. The quantitative estimate of drug-likeness (QED) is 0.905. The number of morpholine rings is 1. The maximum Gasteiger partial charge on any atom is 0.0900 e. The average molecular weight is 305 g/mol. The van der Waals surface area contributed by atoms with Gasteiger partial charge < -0.3 is 14.6 Å². The molecule has 3 unspecified atom stereocenters. The molecule has 0 aromatic heterocycles. The van der Waals surface area contributed by atoms with E-state index in [1.807, 2.05) is 0 Å². The smallest absolute Gasteiger partial charge is 0.0900 e. The van der Waals surface area contributed by atoms with Gasteiger partial charge in [-0.05, 0) is 37.3 Å². The topological polar surface area (TPSA) is 41.9 Å². The molecule has 1 N–H and O–H groups in total. The van der Waals surface area contributed by atoms with Crippen LogP contribution in [-0.2, 0) is 15.9 Å². The predicted octanol–water partition coefficient (Wildman–Crippen LogP) is 2.16. The van der Waals surface area contributed by atoms with E-state index in [1.54, 1.807) is 0 Å². The molecular weight excluding hydrogens is 278 g/mol. The molecule has 3 atom stereocenters. The molecule has 4 heteroatoms. The van der Waals surface area contributed by atoms with E-state index < -0.39 is 6.10 Å². The van der Waals surface area contributed by atoms with Crippen LogP contribution in [0.1, 0.15) is 37.0 Å². The molecule has 1 aromatic carbocycles. The van der Waals surface area contributed by atoms with Crippen LogP contribution in [0, 0.1) is 0 Å². The van der Waals surface area contributed by atoms with Crippen molar-refractivity contribution in [2.24, 2.45) is 0 Å². The molecule has 0 bridgehead atoms. The summed E-state index contributed by atoms with van der Waals surface area (Å²) < 4.78 is 11.5. The minimum Gasteiger partial charge on any atom is -0.389 e. The number of aryl methyl sites for hydroxylation is 1. The van der Waals surface area contributed by atoms with E-state index in [0.29, 0.717) is 19.2 Å². The van der Waals surface area contributed by atoms with E-state index in [9.17, 15) is 5.11 Å². The van der Waals surface area contributed by atoms with Gasteiger partial charge in [-0.15, -0.1) is 0 Å². The highest BCUT2D eigenvalue weighted by atomic mass is 16.5. The number of β-amino-alcohol motifs (C(OH)–C–C–N with tert-alkyl or cyclic N) is 1. The number of aliphatic hydroxyl groups excluding tert-OH is 1. The van der Waals surface area contributed by atoms with Gasteiger partial charge in [-0.3, -0.25) is 4.90 Å². The molecule has 1 aliphatic carbocycles. The van der Waals surface area contributed by atoms with Crippen LogP contribution in [0.3, 0.4) is 0 Å². The number of hydrogen-bond acceptors (Lipinski definition) is 4. The summed E-state index contributed by atoms with van der Waals surface area (Å²) in [6.45, 7) is 5.62. The molecule has 0 amide bonds. The van der Waals surface area contributed by atoms with Crippen molar-refractivity contribution in [2.45, 2.75) is 44.4 Å².